The van der Waals surface area contributed by atoms with Gasteiger partial charge in [0.2, 0.25) is 0 Å². The van der Waals surface area contributed by atoms with Crippen LogP contribution in [0.3, 0.4) is 0 Å². The Morgan fingerprint density at radius 1 is 1.38 bits per heavy atom. The number of hydrogen-bond acceptors (Lipinski definition) is 3. The normalized spacial score (nSPS) is 14.0. The Balaban J connectivity index is 2.55. The first-order valence-electron chi connectivity index (χ1n) is 6.26. The summed E-state index contributed by atoms with van der Waals surface area (Å²) in [4.78, 5) is 5.19. The molecule has 0 unspecified atom stereocenters. The summed E-state index contributed by atoms with van der Waals surface area (Å²) < 4.78 is 53.4. The zero-order valence-corrected chi connectivity index (χ0v) is 11.3. The number of anilines is 1. The standard InChI is InChI=1S/C14H13F4N3/c1-2-3-9-21(13-19-7-8-20-13)12-10(14(16,17)18)5-4-6-11(12)15/h4-6H,7-9H2,1H3,(H,19,20). The number of hydrogen-bond donors (Lipinski definition) is 1. The van der Waals surface area contributed by atoms with Crippen molar-refractivity contribution < 1.29 is 17.6 Å². The van der Waals surface area contributed by atoms with Crippen LogP contribution >= 0.6 is 0 Å². The number of nitrogens with one attached hydrogen (secondary N) is 1. The van der Waals surface area contributed by atoms with Gasteiger partial charge in [0.05, 0.1) is 24.3 Å². The third-order valence-electron chi connectivity index (χ3n) is 2.89. The number of halogens is 4. The lowest BCUT2D eigenvalue weighted by Crippen LogP contribution is -2.40. The van der Waals surface area contributed by atoms with Gasteiger partial charge in [0.15, 0.2) is 5.96 Å². The fourth-order valence-corrected chi connectivity index (χ4v) is 2.00. The van der Waals surface area contributed by atoms with E-state index >= 15 is 0 Å². The fourth-order valence-electron chi connectivity index (χ4n) is 2.00. The molecule has 0 atom stereocenters. The van der Waals surface area contributed by atoms with Crippen LogP contribution in [0.15, 0.2) is 23.2 Å². The topological polar surface area (TPSA) is 27.6 Å². The molecule has 0 saturated heterocycles. The van der Waals surface area contributed by atoms with Crippen LogP contribution in [-0.2, 0) is 6.18 Å². The molecule has 21 heavy (non-hydrogen) atoms. The molecule has 1 heterocycles. The van der Waals surface area contributed by atoms with Gasteiger partial charge >= 0.3 is 6.18 Å². The van der Waals surface area contributed by atoms with Gasteiger partial charge in [0.1, 0.15) is 5.82 Å². The minimum Gasteiger partial charge on any atom is -0.354 e. The van der Waals surface area contributed by atoms with Crippen molar-refractivity contribution in [3.63, 3.8) is 0 Å². The molecule has 0 aromatic heterocycles. The Morgan fingerprint density at radius 2 is 2.14 bits per heavy atom. The Morgan fingerprint density at radius 3 is 2.71 bits per heavy atom. The first-order chi connectivity index (χ1) is 9.95. The number of guanidine groups is 1. The van der Waals surface area contributed by atoms with E-state index < -0.39 is 23.2 Å². The van der Waals surface area contributed by atoms with Crippen LogP contribution in [-0.4, -0.2) is 25.6 Å². The van der Waals surface area contributed by atoms with Crippen LogP contribution in [0.25, 0.3) is 0 Å². The van der Waals surface area contributed by atoms with E-state index in [2.05, 4.69) is 22.2 Å². The third kappa shape index (κ3) is 3.27. The highest BCUT2D eigenvalue weighted by Gasteiger charge is 2.37. The van der Waals surface area contributed by atoms with Gasteiger partial charge in [-0.2, -0.15) is 13.2 Å². The lowest BCUT2D eigenvalue weighted by atomic mass is 10.1. The molecule has 0 radical (unpaired) electrons. The fraction of sp³-hybridized carbons (Fsp3) is 0.357. The van der Waals surface area contributed by atoms with E-state index in [1.54, 1.807) is 6.92 Å². The van der Waals surface area contributed by atoms with E-state index in [4.69, 9.17) is 0 Å². The van der Waals surface area contributed by atoms with Crippen molar-refractivity contribution >= 4 is 11.6 Å². The molecule has 0 bridgehead atoms. The van der Waals surface area contributed by atoms with Gasteiger partial charge < -0.3 is 5.32 Å². The van der Waals surface area contributed by atoms with Crippen molar-refractivity contribution in [2.45, 2.75) is 13.1 Å². The highest BCUT2D eigenvalue weighted by Crippen LogP contribution is 2.38. The number of para-hydroxylation sites is 1. The predicted molar refractivity (Wildman–Crippen MR) is 72.5 cm³/mol. The van der Waals surface area contributed by atoms with Gasteiger partial charge in [-0.15, -0.1) is 5.92 Å². The average Bonchev–Trinajstić information content (AvgIpc) is 2.93. The SMILES string of the molecule is CC#CCN(C1=NCCN1)c1c(F)cccc1C(F)(F)F. The molecule has 0 spiro atoms. The van der Waals surface area contributed by atoms with Crippen molar-refractivity contribution in [2.75, 3.05) is 24.5 Å². The van der Waals surface area contributed by atoms with Crippen molar-refractivity contribution in [2.24, 2.45) is 4.99 Å². The lowest BCUT2D eigenvalue weighted by molar-refractivity contribution is -0.137. The van der Waals surface area contributed by atoms with Crippen LogP contribution in [0.2, 0.25) is 0 Å². The van der Waals surface area contributed by atoms with E-state index in [-0.39, 0.29) is 12.5 Å². The predicted octanol–water partition coefficient (Wildman–Crippen LogP) is 2.63. The monoisotopic (exact) mass is 299 g/mol. The zero-order valence-electron chi connectivity index (χ0n) is 11.3. The summed E-state index contributed by atoms with van der Waals surface area (Å²) in [5, 5.41) is 2.84. The van der Waals surface area contributed by atoms with E-state index in [1.807, 2.05) is 0 Å². The first kappa shape index (κ1) is 15.2. The summed E-state index contributed by atoms with van der Waals surface area (Å²) in [6.45, 7) is 2.42. The number of nitrogens with zero attached hydrogens (tertiary/aromatic N) is 2. The van der Waals surface area contributed by atoms with Gasteiger partial charge in [0, 0.05) is 6.54 Å². The summed E-state index contributed by atoms with van der Waals surface area (Å²) in [7, 11) is 0. The Kier molecular flexibility index (Phi) is 4.36. The Labute approximate surface area is 119 Å². The number of benzene rings is 1. The molecule has 3 nitrogen and oxygen atoms in total. The summed E-state index contributed by atoms with van der Waals surface area (Å²) in [5.74, 6) is 4.48. The molecule has 0 amide bonds. The maximum Gasteiger partial charge on any atom is 0.418 e. The molecule has 0 fully saturated rings. The molecule has 2 rings (SSSR count). The van der Waals surface area contributed by atoms with Gasteiger partial charge in [-0.25, -0.2) is 4.39 Å². The van der Waals surface area contributed by atoms with E-state index in [1.165, 1.54) is 0 Å². The second-order valence-electron chi connectivity index (χ2n) is 4.28. The molecule has 1 aromatic carbocycles. The summed E-state index contributed by atoms with van der Waals surface area (Å²) in [6.07, 6.45) is -4.66. The van der Waals surface area contributed by atoms with Gasteiger partial charge in [-0.3, -0.25) is 9.89 Å². The smallest absolute Gasteiger partial charge is 0.354 e. The maximum absolute atomic E-state index is 14.0. The van der Waals surface area contributed by atoms with Crippen LogP contribution in [0.5, 0.6) is 0 Å². The van der Waals surface area contributed by atoms with Crippen LogP contribution in [0, 0.1) is 17.7 Å². The molecule has 0 saturated carbocycles. The minimum atomic E-state index is -4.66. The van der Waals surface area contributed by atoms with Crippen molar-refractivity contribution in [1.82, 2.24) is 5.32 Å². The maximum atomic E-state index is 14.0. The molecule has 112 valence electrons. The van der Waals surface area contributed by atoms with E-state index in [9.17, 15) is 17.6 Å². The van der Waals surface area contributed by atoms with Crippen LogP contribution < -0.4 is 10.2 Å². The van der Waals surface area contributed by atoms with Crippen LogP contribution in [0.1, 0.15) is 12.5 Å². The van der Waals surface area contributed by atoms with E-state index in [0.29, 0.717) is 13.1 Å². The quantitative estimate of drug-likeness (QED) is 0.671. The van der Waals surface area contributed by atoms with Gasteiger partial charge in [-0.05, 0) is 19.1 Å². The second-order valence-corrected chi connectivity index (χ2v) is 4.28. The molecular formula is C14H13F4N3. The lowest BCUT2D eigenvalue weighted by Gasteiger charge is -2.26. The number of aliphatic imine (C=N–C) groups is 1. The van der Waals surface area contributed by atoms with E-state index in [0.717, 1.165) is 23.1 Å². The highest BCUT2D eigenvalue weighted by molar-refractivity contribution is 5.98. The third-order valence-corrected chi connectivity index (χ3v) is 2.89. The largest absolute Gasteiger partial charge is 0.418 e. The average molecular weight is 299 g/mol. The second kappa shape index (κ2) is 6.04. The highest BCUT2D eigenvalue weighted by atomic mass is 19.4. The molecule has 1 N–H and O–H groups in total. The molecule has 1 aliphatic heterocycles. The number of rotatable bonds is 2. The van der Waals surface area contributed by atoms with Crippen molar-refractivity contribution in [1.29, 1.82) is 0 Å². The molecule has 1 aliphatic rings. The summed E-state index contributed by atoms with van der Waals surface area (Å²) in [6, 6.07) is 2.88. The van der Waals surface area contributed by atoms with Crippen LogP contribution in [0.4, 0.5) is 23.2 Å². The van der Waals surface area contributed by atoms with Gasteiger partial charge in [0.25, 0.3) is 0 Å². The van der Waals surface area contributed by atoms with Gasteiger partial charge in [-0.1, -0.05) is 12.0 Å². The molecule has 0 aliphatic carbocycles. The minimum absolute atomic E-state index is 0.0770. The number of alkyl halides is 3. The first-order valence-corrected chi connectivity index (χ1v) is 6.26. The Hall–Kier alpha value is -2.23. The summed E-state index contributed by atoms with van der Waals surface area (Å²) in [5.41, 5.74) is -1.60. The zero-order chi connectivity index (χ0) is 15.5. The van der Waals surface area contributed by atoms with Crippen molar-refractivity contribution in [3.8, 4) is 11.8 Å². The van der Waals surface area contributed by atoms with Crippen molar-refractivity contribution in [3.05, 3.63) is 29.6 Å². The Bertz CT molecular complexity index is 611. The molecular weight excluding hydrogens is 286 g/mol. The molecule has 1 aromatic rings. The summed E-state index contributed by atoms with van der Waals surface area (Å²) >= 11 is 0. The molecule has 7 heteroatoms.